The molecular formula is C35H30FNO5S. The molecule has 0 bridgehead atoms. The Morgan fingerprint density at radius 2 is 1.35 bits per heavy atom. The molecule has 1 heterocycles. The SMILES string of the molecule is O=S1(=O)[C@@H](CC[C@H](O)c2ccc(F)cc2)[C@@H](c2ccc(-c3cccc(O)c3)cc2O)N1c1ccc(-c2ccccc2)cc1. The van der Waals surface area contributed by atoms with Crippen LogP contribution in [0, 0.1) is 5.82 Å². The minimum Gasteiger partial charge on any atom is -0.508 e. The molecule has 43 heavy (non-hydrogen) atoms. The predicted molar refractivity (Wildman–Crippen MR) is 166 cm³/mol. The zero-order valence-electron chi connectivity index (χ0n) is 23.1. The quantitative estimate of drug-likeness (QED) is 0.174. The number of nitrogens with zero attached hydrogens (tertiary/aromatic N) is 1. The van der Waals surface area contributed by atoms with Gasteiger partial charge in [0.05, 0.1) is 17.8 Å². The van der Waals surface area contributed by atoms with Crippen molar-refractivity contribution in [3.05, 3.63) is 138 Å². The second-order valence-electron chi connectivity index (χ2n) is 10.7. The highest BCUT2D eigenvalue weighted by molar-refractivity contribution is 7.95. The van der Waals surface area contributed by atoms with Crippen molar-refractivity contribution in [3.8, 4) is 33.8 Å². The number of aliphatic hydroxyl groups excluding tert-OH is 1. The second kappa shape index (κ2) is 11.6. The van der Waals surface area contributed by atoms with Crippen molar-refractivity contribution in [2.24, 2.45) is 0 Å². The molecule has 3 atom stereocenters. The summed E-state index contributed by atoms with van der Waals surface area (Å²) in [6.45, 7) is 0. The van der Waals surface area contributed by atoms with E-state index in [1.54, 1.807) is 48.5 Å². The van der Waals surface area contributed by atoms with Gasteiger partial charge in [0.15, 0.2) is 0 Å². The van der Waals surface area contributed by atoms with Gasteiger partial charge >= 0.3 is 0 Å². The van der Waals surface area contributed by atoms with E-state index >= 15 is 0 Å². The van der Waals surface area contributed by atoms with Gasteiger partial charge in [-0.1, -0.05) is 78.9 Å². The third-order valence-corrected chi connectivity index (χ3v) is 10.2. The summed E-state index contributed by atoms with van der Waals surface area (Å²) in [5.41, 5.74) is 4.72. The van der Waals surface area contributed by atoms with Crippen LogP contribution in [0.2, 0.25) is 0 Å². The molecule has 0 aliphatic carbocycles. The highest BCUT2D eigenvalue weighted by Gasteiger charge is 2.55. The maximum absolute atomic E-state index is 13.8. The van der Waals surface area contributed by atoms with Gasteiger partial charge in [0.1, 0.15) is 22.6 Å². The average Bonchev–Trinajstić information content (AvgIpc) is 3.01. The van der Waals surface area contributed by atoms with E-state index in [2.05, 4.69) is 0 Å². The Hall–Kier alpha value is -4.66. The van der Waals surface area contributed by atoms with E-state index in [0.717, 1.165) is 11.1 Å². The molecule has 0 aromatic heterocycles. The van der Waals surface area contributed by atoms with Crippen LogP contribution in [0.3, 0.4) is 0 Å². The average molecular weight is 596 g/mol. The van der Waals surface area contributed by atoms with Gasteiger partial charge in [0.25, 0.3) is 0 Å². The monoisotopic (exact) mass is 595 g/mol. The van der Waals surface area contributed by atoms with Gasteiger partial charge in [-0.15, -0.1) is 0 Å². The van der Waals surface area contributed by atoms with Crippen LogP contribution in [0.1, 0.15) is 36.1 Å². The lowest BCUT2D eigenvalue weighted by molar-refractivity contribution is 0.162. The predicted octanol–water partition coefficient (Wildman–Crippen LogP) is 7.34. The van der Waals surface area contributed by atoms with Crippen LogP contribution in [0.15, 0.2) is 121 Å². The fraction of sp³-hybridized carbons (Fsp3) is 0.143. The highest BCUT2D eigenvalue weighted by atomic mass is 32.2. The minimum absolute atomic E-state index is 0.0734. The molecule has 218 valence electrons. The molecule has 6 nitrogen and oxygen atoms in total. The zero-order valence-corrected chi connectivity index (χ0v) is 23.9. The van der Waals surface area contributed by atoms with Crippen LogP contribution >= 0.6 is 0 Å². The van der Waals surface area contributed by atoms with E-state index in [-0.39, 0.29) is 24.3 Å². The maximum atomic E-state index is 13.8. The molecule has 0 unspecified atom stereocenters. The van der Waals surface area contributed by atoms with Crippen molar-refractivity contribution in [1.29, 1.82) is 0 Å². The fourth-order valence-corrected chi connectivity index (χ4v) is 7.88. The highest BCUT2D eigenvalue weighted by Crippen LogP contribution is 2.50. The third kappa shape index (κ3) is 5.59. The van der Waals surface area contributed by atoms with Crippen molar-refractivity contribution in [1.82, 2.24) is 0 Å². The lowest BCUT2D eigenvalue weighted by atomic mass is 9.93. The molecule has 1 fully saturated rings. The lowest BCUT2D eigenvalue weighted by Crippen LogP contribution is -2.58. The summed E-state index contributed by atoms with van der Waals surface area (Å²) < 4.78 is 42.3. The Balaban J connectivity index is 1.34. The Morgan fingerprint density at radius 1 is 0.721 bits per heavy atom. The van der Waals surface area contributed by atoms with Crippen molar-refractivity contribution in [3.63, 3.8) is 0 Å². The molecule has 0 amide bonds. The molecule has 1 aliphatic heterocycles. The summed E-state index contributed by atoms with van der Waals surface area (Å²) >= 11 is 0. The van der Waals surface area contributed by atoms with Gasteiger partial charge < -0.3 is 15.3 Å². The number of phenolic OH excluding ortho intramolecular Hbond substituents is 2. The molecule has 1 aliphatic rings. The van der Waals surface area contributed by atoms with E-state index in [0.29, 0.717) is 27.9 Å². The number of rotatable bonds is 8. The van der Waals surface area contributed by atoms with E-state index < -0.39 is 33.2 Å². The molecule has 5 aromatic carbocycles. The fourth-order valence-electron chi connectivity index (χ4n) is 5.76. The summed E-state index contributed by atoms with van der Waals surface area (Å²) in [6, 6.07) is 33.5. The summed E-state index contributed by atoms with van der Waals surface area (Å²) in [7, 11) is -3.84. The molecule has 6 rings (SSSR count). The van der Waals surface area contributed by atoms with Crippen LogP contribution in [-0.4, -0.2) is 29.0 Å². The topological polar surface area (TPSA) is 98.1 Å². The van der Waals surface area contributed by atoms with Crippen molar-refractivity contribution in [2.45, 2.75) is 30.2 Å². The molecule has 5 aromatic rings. The number of aliphatic hydroxyl groups is 1. The first-order valence-corrected chi connectivity index (χ1v) is 15.5. The summed E-state index contributed by atoms with van der Waals surface area (Å²) in [5, 5.41) is 31.0. The largest absolute Gasteiger partial charge is 0.508 e. The van der Waals surface area contributed by atoms with Crippen LogP contribution in [-0.2, 0) is 10.0 Å². The molecule has 0 spiro atoms. The van der Waals surface area contributed by atoms with Crippen LogP contribution in [0.25, 0.3) is 22.3 Å². The first kappa shape index (κ1) is 28.5. The smallest absolute Gasteiger partial charge is 0.241 e. The Kier molecular flexibility index (Phi) is 7.64. The Labute approximate surface area is 250 Å². The van der Waals surface area contributed by atoms with Crippen molar-refractivity contribution in [2.75, 3.05) is 4.31 Å². The maximum Gasteiger partial charge on any atom is 0.241 e. The number of benzene rings is 5. The van der Waals surface area contributed by atoms with Crippen LogP contribution in [0.5, 0.6) is 11.5 Å². The number of aromatic hydroxyl groups is 2. The molecular weight excluding hydrogens is 565 g/mol. The Morgan fingerprint density at radius 3 is 2.02 bits per heavy atom. The van der Waals surface area contributed by atoms with Crippen LogP contribution < -0.4 is 4.31 Å². The molecule has 8 heteroatoms. The second-order valence-corrected chi connectivity index (χ2v) is 12.7. The minimum atomic E-state index is -3.84. The number of hydrogen-bond donors (Lipinski definition) is 3. The van der Waals surface area contributed by atoms with Gasteiger partial charge in [-0.25, -0.2) is 12.8 Å². The first-order chi connectivity index (χ1) is 20.7. The lowest BCUT2D eigenvalue weighted by Gasteiger charge is -2.48. The standard InChI is InChI=1S/C35H30FNO5S/c36-28-14-9-25(10-15-28)32(39)19-20-34-35(31-18-13-27(22-33(31)40)26-7-4-8-30(38)21-26)37(43(34,41)42)29-16-11-24(12-17-29)23-5-2-1-3-6-23/h1-18,21-22,32,34-35,38-40H,19-20H2/t32-,34-,35+/m0/s1. The molecule has 0 saturated carbocycles. The van der Waals surface area contributed by atoms with Crippen molar-refractivity contribution < 1.29 is 28.1 Å². The molecule has 3 N–H and O–H groups in total. The van der Waals surface area contributed by atoms with E-state index in [9.17, 15) is 28.1 Å². The van der Waals surface area contributed by atoms with E-state index in [1.807, 2.05) is 48.5 Å². The van der Waals surface area contributed by atoms with E-state index in [4.69, 9.17) is 0 Å². The van der Waals surface area contributed by atoms with Gasteiger partial charge in [-0.05, 0) is 83.1 Å². The summed E-state index contributed by atoms with van der Waals surface area (Å²) in [4.78, 5) is 0. The Bertz CT molecular complexity index is 1840. The normalized spacial score (nSPS) is 18.1. The third-order valence-electron chi connectivity index (χ3n) is 8.00. The summed E-state index contributed by atoms with van der Waals surface area (Å²) in [6.07, 6.45) is -0.718. The van der Waals surface area contributed by atoms with Gasteiger partial charge in [-0.3, -0.25) is 4.31 Å². The van der Waals surface area contributed by atoms with Gasteiger partial charge in [-0.2, -0.15) is 0 Å². The number of phenols is 2. The molecule has 1 saturated heterocycles. The van der Waals surface area contributed by atoms with Gasteiger partial charge in [0.2, 0.25) is 10.0 Å². The number of anilines is 1. The molecule has 0 radical (unpaired) electrons. The van der Waals surface area contributed by atoms with Crippen LogP contribution in [0.4, 0.5) is 10.1 Å². The van der Waals surface area contributed by atoms with Crippen molar-refractivity contribution >= 4 is 15.7 Å². The first-order valence-electron chi connectivity index (χ1n) is 14.0. The summed E-state index contributed by atoms with van der Waals surface area (Å²) in [5.74, 6) is -0.400. The zero-order chi connectivity index (χ0) is 30.1. The van der Waals surface area contributed by atoms with E-state index in [1.165, 1.54) is 28.6 Å². The number of hydrogen-bond acceptors (Lipinski definition) is 5. The number of sulfonamides is 1. The van der Waals surface area contributed by atoms with Gasteiger partial charge in [0, 0.05) is 5.56 Å². The number of halogens is 1.